The van der Waals surface area contributed by atoms with E-state index in [9.17, 15) is 0 Å². The van der Waals surface area contributed by atoms with Crippen molar-refractivity contribution in [3.8, 4) is 0 Å². The van der Waals surface area contributed by atoms with Gasteiger partial charge in [-0.3, -0.25) is 5.41 Å². The maximum Gasteiger partial charge on any atom is 1.00 e. The summed E-state index contributed by atoms with van der Waals surface area (Å²) in [6.07, 6.45) is 0. The van der Waals surface area contributed by atoms with Crippen LogP contribution < -0.4 is 80.4 Å². The fourth-order valence-corrected chi connectivity index (χ4v) is 0. The van der Waals surface area contributed by atoms with Gasteiger partial charge in [0.05, 0.1) is 0 Å². The fraction of sp³-hybridized carbons (Fsp3) is 0. The van der Waals surface area contributed by atoms with Gasteiger partial charge in [-0.1, -0.05) is 12.2 Å². The summed E-state index contributed by atoms with van der Waals surface area (Å²) in [5.41, 5.74) is 8.94. The number of guanidine groups is 1. The van der Waals surface area contributed by atoms with Gasteiger partial charge in [-0.25, -0.2) is 0 Å². The van der Waals surface area contributed by atoms with Gasteiger partial charge in [0.25, 0.3) is 0 Å². The predicted molar refractivity (Wildman–Crippen MR) is 32.1 cm³/mol. The molecule has 0 unspecified atom stereocenters. The third kappa shape index (κ3) is 212. The maximum atomic E-state index is 7.13. The number of hydrogen-bond donors (Lipinski definition) is 3. The zero-order valence-corrected chi connectivity index (χ0v) is 11.6. The first kappa shape index (κ1) is 16.1. The van der Waals surface area contributed by atoms with E-state index in [1.807, 2.05) is 0 Å². The number of hydrogen-bond acceptors (Lipinski definition) is 2. The summed E-state index contributed by atoms with van der Waals surface area (Å²) in [6.45, 7) is 0. The monoisotopic (exact) mass is 250 g/mol. The molecule has 0 spiro atoms. The molecule has 0 aromatic heterocycles. The van der Waals surface area contributed by atoms with Gasteiger partial charge in [0.1, 0.15) is 0 Å². The van der Waals surface area contributed by atoms with Crippen LogP contribution in [0.3, 0.4) is 0 Å². The molecule has 0 aliphatic heterocycles. The molecule has 4 nitrogen and oxygen atoms in total. The Hall–Kier alpha value is 1.12. The second-order valence-electron chi connectivity index (χ2n) is 0.547. The molecule has 8 heavy (non-hydrogen) atoms. The third-order valence-corrected chi connectivity index (χ3v) is 0. The molecule has 6 heteroatoms. The van der Waals surface area contributed by atoms with Crippen LogP contribution in [0, 0.1) is 5.41 Å². The Kier molecular flexibility index (Phi) is 31.5. The third-order valence-electron chi connectivity index (χ3n) is 0. The van der Waals surface area contributed by atoms with E-state index in [0.29, 0.717) is 0 Å². The summed E-state index contributed by atoms with van der Waals surface area (Å²) < 4.78 is 0. The van der Waals surface area contributed by atoms with Gasteiger partial charge < -0.3 is 16.9 Å². The summed E-state index contributed by atoms with van der Waals surface area (Å²) in [4.78, 5) is 0. The molecule has 0 heterocycles. The van der Waals surface area contributed by atoms with E-state index < -0.39 is 0 Å². The van der Waals surface area contributed by atoms with Crippen LogP contribution in [-0.2, 0) is 0 Å². The summed E-state index contributed by atoms with van der Waals surface area (Å²) >= 11 is 3.70. The second-order valence-corrected chi connectivity index (χ2v) is 0.729. The number of nitrogens with zero attached hydrogens (tertiary/aromatic N) is 1. The number of thiocarbonyl (C=S) groups is 1. The normalized spacial score (nSPS) is 4.00. The molecule has 0 radical (unpaired) electrons. The predicted octanol–water partition coefficient (Wildman–Crippen LogP) is -3.50. The van der Waals surface area contributed by atoms with E-state index in [0.717, 1.165) is 0 Å². The van der Waals surface area contributed by atoms with E-state index in [1.165, 1.54) is 5.16 Å². The molecular weight excluding hydrogens is 245 g/mol. The van der Waals surface area contributed by atoms with Crippen LogP contribution in [-0.4, -0.2) is 11.1 Å². The average Bonchev–Trinajstić information content (AvgIpc) is 1.33. The van der Waals surface area contributed by atoms with Crippen LogP contribution in [0.5, 0.6) is 0 Å². The second kappa shape index (κ2) is 15.7. The SMILES string of the molecule is N=C(N)N.[Cs+].[N-]=C=S. The van der Waals surface area contributed by atoms with E-state index in [2.05, 4.69) is 23.7 Å². The number of nitrogens with one attached hydrogen (secondary N) is 1. The largest absolute Gasteiger partial charge is 1.00 e. The van der Waals surface area contributed by atoms with Gasteiger partial charge in [0.2, 0.25) is 0 Å². The Morgan fingerprint density at radius 1 is 1.62 bits per heavy atom. The molecule has 0 fully saturated rings. The van der Waals surface area contributed by atoms with E-state index in [-0.39, 0.29) is 74.9 Å². The molecule has 0 aliphatic rings. The fourth-order valence-electron chi connectivity index (χ4n) is 0. The zero-order valence-electron chi connectivity index (χ0n) is 4.51. The van der Waals surface area contributed by atoms with Gasteiger partial charge in [-0.05, 0) is 0 Å². The topological polar surface area (TPSA) is 98.2 Å². The Bertz CT molecular complexity index is 82.0. The van der Waals surface area contributed by atoms with Crippen LogP contribution in [0.2, 0.25) is 0 Å². The van der Waals surface area contributed by atoms with Crippen molar-refractivity contribution in [1.82, 2.24) is 0 Å². The van der Waals surface area contributed by atoms with Gasteiger partial charge in [0, 0.05) is 0 Å². The van der Waals surface area contributed by atoms with Crippen molar-refractivity contribution >= 4 is 23.3 Å². The van der Waals surface area contributed by atoms with Crippen molar-refractivity contribution in [3.63, 3.8) is 0 Å². The molecular formula is C2H5CsN4S. The van der Waals surface area contributed by atoms with Crippen molar-refractivity contribution in [2.24, 2.45) is 11.5 Å². The first-order chi connectivity index (χ1) is 3.15. The molecule has 0 saturated heterocycles. The van der Waals surface area contributed by atoms with Gasteiger partial charge >= 0.3 is 68.9 Å². The van der Waals surface area contributed by atoms with Crippen molar-refractivity contribution in [3.05, 3.63) is 5.41 Å². The van der Waals surface area contributed by atoms with Crippen LogP contribution in [0.4, 0.5) is 0 Å². The Morgan fingerprint density at radius 2 is 1.62 bits per heavy atom. The molecule has 0 bridgehead atoms. The van der Waals surface area contributed by atoms with E-state index in [4.69, 9.17) is 10.8 Å². The van der Waals surface area contributed by atoms with E-state index >= 15 is 0 Å². The molecule has 0 aliphatic carbocycles. The van der Waals surface area contributed by atoms with Crippen LogP contribution in [0.15, 0.2) is 0 Å². The first-order valence-electron chi connectivity index (χ1n) is 1.26. The average molecular weight is 250 g/mol. The maximum absolute atomic E-state index is 7.13. The summed E-state index contributed by atoms with van der Waals surface area (Å²) in [5.74, 6) is -0.333. The van der Waals surface area contributed by atoms with Crippen molar-refractivity contribution in [2.75, 3.05) is 0 Å². The first-order valence-corrected chi connectivity index (χ1v) is 1.66. The summed E-state index contributed by atoms with van der Waals surface area (Å²) in [5, 5.41) is 14.5. The Morgan fingerprint density at radius 3 is 1.62 bits per heavy atom. The molecule has 0 saturated carbocycles. The van der Waals surface area contributed by atoms with Crippen molar-refractivity contribution in [2.45, 2.75) is 0 Å². The number of nitrogens with two attached hydrogens (primary N) is 2. The molecule has 0 rings (SSSR count). The van der Waals surface area contributed by atoms with Crippen LogP contribution in [0.25, 0.3) is 5.41 Å². The summed E-state index contributed by atoms with van der Waals surface area (Å²) in [6, 6.07) is 0. The Labute approximate surface area is 112 Å². The molecule has 0 aromatic rings. The van der Waals surface area contributed by atoms with Gasteiger partial charge in [0.15, 0.2) is 5.96 Å². The van der Waals surface area contributed by atoms with E-state index in [1.54, 1.807) is 0 Å². The Balaban J connectivity index is -0.0000000575. The van der Waals surface area contributed by atoms with Gasteiger partial charge in [-0.15, -0.1) is 0 Å². The standard InChI is InChI=1S/CH5N3.CNS.Cs/c2-1(3)4;2-1-3;/h(H5,2,3,4);;/q;-1;+1. The van der Waals surface area contributed by atoms with Crippen molar-refractivity contribution in [1.29, 1.82) is 5.41 Å². The number of isothiocyanates is 1. The van der Waals surface area contributed by atoms with Crippen LogP contribution >= 0.6 is 12.2 Å². The minimum absolute atomic E-state index is 0. The van der Waals surface area contributed by atoms with Crippen molar-refractivity contribution < 1.29 is 68.9 Å². The molecule has 40 valence electrons. The minimum atomic E-state index is -0.333. The summed E-state index contributed by atoms with van der Waals surface area (Å²) in [7, 11) is 0. The van der Waals surface area contributed by atoms with Gasteiger partial charge in [-0.2, -0.15) is 5.16 Å². The molecule has 0 amide bonds. The number of rotatable bonds is 0. The smallest absolute Gasteiger partial charge is 0.753 e. The zero-order chi connectivity index (χ0) is 6.28. The molecule has 0 atom stereocenters. The van der Waals surface area contributed by atoms with Crippen LogP contribution in [0.1, 0.15) is 0 Å². The quantitative estimate of drug-likeness (QED) is 0.236. The molecule has 0 aromatic carbocycles. The minimum Gasteiger partial charge on any atom is -0.753 e. The molecule has 5 N–H and O–H groups in total.